The Morgan fingerprint density at radius 2 is 1.50 bits per heavy atom. The number of ether oxygens (including phenoxy) is 1. The molecular formula is C18H26O4. The fourth-order valence-corrected chi connectivity index (χ4v) is 2.40. The van der Waals surface area contributed by atoms with E-state index in [0.29, 0.717) is 23.3 Å². The zero-order chi connectivity index (χ0) is 16.5. The van der Waals surface area contributed by atoms with Crippen molar-refractivity contribution in [3.8, 4) is 0 Å². The summed E-state index contributed by atoms with van der Waals surface area (Å²) in [6.07, 6.45) is 6.84. The summed E-state index contributed by atoms with van der Waals surface area (Å²) < 4.78 is 5.28. The zero-order valence-corrected chi connectivity index (χ0v) is 13.8. The second-order valence-corrected chi connectivity index (χ2v) is 5.62. The van der Waals surface area contributed by atoms with E-state index in [2.05, 4.69) is 6.92 Å². The van der Waals surface area contributed by atoms with Crippen LogP contribution in [0.1, 0.15) is 77.3 Å². The van der Waals surface area contributed by atoms with E-state index in [4.69, 9.17) is 9.84 Å². The quantitative estimate of drug-likeness (QED) is 0.538. The molecule has 0 aliphatic carbocycles. The maximum absolute atomic E-state index is 12.1. The van der Waals surface area contributed by atoms with Crippen LogP contribution in [0.4, 0.5) is 0 Å². The fraction of sp³-hybridized carbons (Fsp3) is 0.556. The van der Waals surface area contributed by atoms with E-state index in [1.54, 1.807) is 13.8 Å². The Hall–Kier alpha value is -1.84. The molecule has 1 aromatic rings. The van der Waals surface area contributed by atoms with Gasteiger partial charge < -0.3 is 9.84 Å². The summed E-state index contributed by atoms with van der Waals surface area (Å²) in [5.74, 6) is -1.35. The third-order valence-electron chi connectivity index (χ3n) is 3.97. The normalized spacial score (nSPS) is 10.5. The van der Waals surface area contributed by atoms with E-state index in [-0.39, 0.29) is 11.5 Å². The Kier molecular flexibility index (Phi) is 7.64. The number of benzene rings is 1. The van der Waals surface area contributed by atoms with Gasteiger partial charge in [0, 0.05) is 0 Å². The summed E-state index contributed by atoms with van der Waals surface area (Å²) in [5.41, 5.74) is 1.97. The van der Waals surface area contributed by atoms with Gasteiger partial charge in [-0.3, -0.25) is 0 Å². The Labute approximate surface area is 132 Å². The minimum absolute atomic E-state index is 0.227. The molecule has 4 nitrogen and oxygen atoms in total. The molecule has 0 bridgehead atoms. The van der Waals surface area contributed by atoms with Gasteiger partial charge in [0.2, 0.25) is 0 Å². The fourth-order valence-electron chi connectivity index (χ4n) is 2.40. The lowest BCUT2D eigenvalue weighted by molar-refractivity contribution is 0.0495. The molecule has 122 valence electrons. The Morgan fingerprint density at radius 1 is 0.955 bits per heavy atom. The third kappa shape index (κ3) is 5.17. The molecule has 0 aliphatic rings. The molecule has 0 atom stereocenters. The SMILES string of the molecule is CCCCCCCCOC(=O)c1ccc(C(=O)O)c(C)c1C. The number of carbonyl (C=O) groups excluding carboxylic acids is 1. The van der Waals surface area contributed by atoms with Crippen molar-refractivity contribution >= 4 is 11.9 Å². The number of carbonyl (C=O) groups is 2. The van der Waals surface area contributed by atoms with Crippen LogP contribution in [0.2, 0.25) is 0 Å². The van der Waals surface area contributed by atoms with Crippen molar-refractivity contribution in [1.82, 2.24) is 0 Å². The van der Waals surface area contributed by atoms with E-state index < -0.39 is 5.97 Å². The van der Waals surface area contributed by atoms with E-state index in [1.165, 1.54) is 37.8 Å². The smallest absolute Gasteiger partial charge is 0.338 e. The van der Waals surface area contributed by atoms with Gasteiger partial charge in [0.05, 0.1) is 17.7 Å². The van der Waals surface area contributed by atoms with Crippen LogP contribution in [-0.2, 0) is 4.74 Å². The minimum Gasteiger partial charge on any atom is -0.478 e. The van der Waals surface area contributed by atoms with Gasteiger partial charge in [-0.2, -0.15) is 0 Å². The number of hydrogen-bond acceptors (Lipinski definition) is 3. The van der Waals surface area contributed by atoms with Crippen LogP contribution >= 0.6 is 0 Å². The second kappa shape index (κ2) is 9.23. The summed E-state index contributed by atoms with van der Waals surface area (Å²) in [6, 6.07) is 3.00. The molecule has 0 aliphatic heterocycles. The van der Waals surface area contributed by atoms with E-state index in [0.717, 1.165) is 12.8 Å². The summed E-state index contributed by atoms with van der Waals surface area (Å²) in [7, 11) is 0. The molecule has 1 rings (SSSR count). The van der Waals surface area contributed by atoms with Crippen LogP contribution < -0.4 is 0 Å². The molecule has 4 heteroatoms. The maximum atomic E-state index is 12.1. The second-order valence-electron chi connectivity index (χ2n) is 5.62. The molecule has 0 saturated carbocycles. The molecule has 0 radical (unpaired) electrons. The number of esters is 1. The monoisotopic (exact) mass is 306 g/mol. The number of carboxylic acid groups (broad SMARTS) is 1. The Balaban J connectivity index is 2.49. The first kappa shape index (κ1) is 18.2. The molecule has 0 amide bonds. The van der Waals surface area contributed by atoms with Crippen LogP contribution in [0.3, 0.4) is 0 Å². The van der Waals surface area contributed by atoms with Gasteiger partial charge in [0.25, 0.3) is 0 Å². The molecule has 0 unspecified atom stereocenters. The highest BCUT2D eigenvalue weighted by molar-refractivity contribution is 5.95. The van der Waals surface area contributed by atoms with Crippen LogP contribution in [0.15, 0.2) is 12.1 Å². The van der Waals surface area contributed by atoms with Crippen LogP contribution in [0.5, 0.6) is 0 Å². The Morgan fingerprint density at radius 3 is 2.14 bits per heavy atom. The minimum atomic E-state index is -0.979. The first-order valence-electron chi connectivity index (χ1n) is 7.99. The largest absolute Gasteiger partial charge is 0.478 e. The van der Waals surface area contributed by atoms with Crippen LogP contribution in [0, 0.1) is 13.8 Å². The lowest BCUT2D eigenvalue weighted by Gasteiger charge is -2.11. The first-order chi connectivity index (χ1) is 10.5. The standard InChI is InChI=1S/C18H26O4/c1-4-5-6-7-8-9-12-22-18(21)16-11-10-15(17(19)20)13(2)14(16)3/h10-11H,4-9,12H2,1-3H3,(H,19,20). The highest BCUT2D eigenvalue weighted by Crippen LogP contribution is 2.19. The van der Waals surface area contributed by atoms with Gasteiger partial charge in [-0.25, -0.2) is 9.59 Å². The summed E-state index contributed by atoms with van der Waals surface area (Å²) >= 11 is 0. The summed E-state index contributed by atoms with van der Waals surface area (Å²) in [4.78, 5) is 23.1. The highest BCUT2D eigenvalue weighted by Gasteiger charge is 2.16. The highest BCUT2D eigenvalue weighted by atomic mass is 16.5. The predicted octanol–water partition coefficient (Wildman–Crippen LogP) is 4.52. The molecule has 1 N–H and O–H groups in total. The molecule has 1 aromatic carbocycles. The average molecular weight is 306 g/mol. The van der Waals surface area contributed by atoms with E-state index in [1.807, 2.05) is 0 Å². The molecule has 0 spiro atoms. The maximum Gasteiger partial charge on any atom is 0.338 e. The van der Waals surface area contributed by atoms with Crippen molar-refractivity contribution in [3.63, 3.8) is 0 Å². The topological polar surface area (TPSA) is 63.6 Å². The van der Waals surface area contributed by atoms with Crippen molar-refractivity contribution in [3.05, 3.63) is 34.4 Å². The summed E-state index contributed by atoms with van der Waals surface area (Å²) in [6.45, 7) is 6.07. The van der Waals surface area contributed by atoms with Crippen molar-refractivity contribution in [2.24, 2.45) is 0 Å². The Bertz CT molecular complexity index is 520. The van der Waals surface area contributed by atoms with Crippen LogP contribution in [0.25, 0.3) is 0 Å². The van der Waals surface area contributed by atoms with Gasteiger partial charge in [-0.05, 0) is 43.5 Å². The lowest BCUT2D eigenvalue weighted by atomic mass is 9.98. The molecule has 0 saturated heterocycles. The van der Waals surface area contributed by atoms with Crippen molar-refractivity contribution in [1.29, 1.82) is 0 Å². The third-order valence-corrected chi connectivity index (χ3v) is 3.97. The number of unbranched alkanes of at least 4 members (excludes halogenated alkanes) is 5. The van der Waals surface area contributed by atoms with Gasteiger partial charge >= 0.3 is 11.9 Å². The molecule has 22 heavy (non-hydrogen) atoms. The molecular weight excluding hydrogens is 280 g/mol. The van der Waals surface area contributed by atoms with Gasteiger partial charge in [0.1, 0.15) is 0 Å². The van der Waals surface area contributed by atoms with E-state index in [9.17, 15) is 9.59 Å². The molecule has 0 fully saturated rings. The van der Waals surface area contributed by atoms with Gasteiger partial charge in [0.15, 0.2) is 0 Å². The average Bonchev–Trinajstić information content (AvgIpc) is 2.48. The van der Waals surface area contributed by atoms with Crippen LogP contribution in [-0.4, -0.2) is 23.7 Å². The number of hydrogen-bond donors (Lipinski definition) is 1. The van der Waals surface area contributed by atoms with Crippen molar-refractivity contribution in [2.45, 2.75) is 59.3 Å². The molecule has 0 aromatic heterocycles. The van der Waals surface area contributed by atoms with Gasteiger partial charge in [-0.1, -0.05) is 39.0 Å². The first-order valence-corrected chi connectivity index (χ1v) is 7.99. The van der Waals surface area contributed by atoms with Gasteiger partial charge in [-0.15, -0.1) is 0 Å². The van der Waals surface area contributed by atoms with Crippen molar-refractivity contribution < 1.29 is 19.4 Å². The number of carboxylic acids is 1. The van der Waals surface area contributed by atoms with Crippen molar-refractivity contribution in [2.75, 3.05) is 6.61 Å². The molecule has 0 heterocycles. The number of aromatic carboxylic acids is 1. The number of rotatable bonds is 9. The van der Waals surface area contributed by atoms with E-state index >= 15 is 0 Å². The predicted molar refractivity (Wildman–Crippen MR) is 86.5 cm³/mol. The summed E-state index contributed by atoms with van der Waals surface area (Å²) in [5, 5.41) is 9.07. The zero-order valence-electron chi connectivity index (χ0n) is 13.8. The lowest BCUT2D eigenvalue weighted by Crippen LogP contribution is -2.11.